The van der Waals surface area contributed by atoms with Gasteiger partial charge < -0.3 is 5.32 Å². The van der Waals surface area contributed by atoms with Crippen molar-refractivity contribution in [2.24, 2.45) is 0 Å². The Labute approximate surface area is 204 Å². The number of nitrogens with zero attached hydrogens (tertiary/aromatic N) is 1. The van der Waals surface area contributed by atoms with E-state index < -0.39 is 26.0 Å². The highest BCUT2D eigenvalue weighted by atomic mass is 35.5. The van der Waals surface area contributed by atoms with Gasteiger partial charge in [0.15, 0.2) is 0 Å². The van der Waals surface area contributed by atoms with Crippen molar-refractivity contribution in [2.45, 2.75) is 4.90 Å². The smallest absolute Gasteiger partial charge is 0.261 e. The van der Waals surface area contributed by atoms with Crippen LogP contribution in [0.1, 0.15) is 10.4 Å². The van der Waals surface area contributed by atoms with Crippen molar-refractivity contribution in [3.05, 3.63) is 96.0 Å². The summed E-state index contributed by atoms with van der Waals surface area (Å²) < 4.78 is 52.7. The molecule has 0 heterocycles. The molecule has 1 amide bonds. The molecule has 0 aliphatic carbocycles. The quantitative estimate of drug-likeness (QED) is 0.408. The number of benzene rings is 3. The van der Waals surface area contributed by atoms with Gasteiger partial charge >= 0.3 is 0 Å². The number of rotatable bonds is 9. The fourth-order valence-corrected chi connectivity index (χ4v) is 5.20. The van der Waals surface area contributed by atoms with Crippen LogP contribution in [0.15, 0.2) is 90.3 Å². The molecule has 0 aromatic heterocycles. The van der Waals surface area contributed by atoms with Gasteiger partial charge in [-0.05, 0) is 60.7 Å². The third kappa shape index (κ3) is 6.16. The first kappa shape index (κ1) is 25.3. The van der Waals surface area contributed by atoms with Gasteiger partial charge in [-0.2, -0.15) is 0 Å². The van der Waals surface area contributed by atoms with Gasteiger partial charge in [0.25, 0.3) is 15.9 Å². The van der Waals surface area contributed by atoms with Crippen LogP contribution in [0.4, 0.5) is 17.1 Å². The topological polar surface area (TPSA) is 113 Å². The molecule has 0 spiro atoms. The number of hydrogen-bond acceptors (Lipinski definition) is 5. The monoisotopic (exact) mass is 519 g/mol. The van der Waals surface area contributed by atoms with E-state index in [9.17, 15) is 21.6 Å². The Morgan fingerprint density at radius 3 is 2.15 bits per heavy atom. The molecule has 0 fully saturated rings. The summed E-state index contributed by atoms with van der Waals surface area (Å²) in [4.78, 5) is 12.6. The molecule has 0 aliphatic heterocycles. The minimum atomic E-state index is -3.87. The van der Waals surface area contributed by atoms with E-state index in [0.717, 1.165) is 10.6 Å². The summed E-state index contributed by atoms with van der Waals surface area (Å²) >= 11 is 6.01. The molecule has 3 rings (SSSR count). The Balaban J connectivity index is 1.71. The van der Waals surface area contributed by atoms with E-state index in [0.29, 0.717) is 16.9 Å². The van der Waals surface area contributed by atoms with Gasteiger partial charge in [0, 0.05) is 11.3 Å². The molecule has 0 unspecified atom stereocenters. The number of para-hydroxylation sites is 1. The largest absolute Gasteiger partial charge is 0.322 e. The van der Waals surface area contributed by atoms with Crippen molar-refractivity contribution in [1.29, 1.82) is 0 Å². The van der Waals surface area contributed by atoms with Crippen molar-refractivity contribution < 1.29 is 21.6 Å². The lowest BCUT2D eigenvalue weighted by molar-refractivity contribution is 0.102. The maximum absolute atomic E-state index is 12.6. The van der Waals surface area contributed by atoms with Crippen LogP contribution < -0.4 is 14.3 Å². The standard InChI is InChI=1S/C23H22ClN3O5S2/c1-3-16-27(33(2,29)30)19-12-8-17(9-13-19)23(28)25-18-10-14-20(15-11-18)34(31,32)26-22-7-5-4-6-21(22)24/h3-15,26H,1,16H2,2H3,(H,25,28). The summed E-state index contributed by atoms with van der Waals surface area (Å²) in [7, 11) is -7.37. The minimum absolute atomic E-state index is 0.00198. The molecule has 0 saturated carbocycles. The minimum Gasteiger partial charge on any atom is -0.322 e. The molecule has 3 aromatic rings. The van der Waals surface area contributed by atoms with E-state index in [1.807, 2.05) is 0 Å². The molecule has 0 radical (unpaired) electrons. The van der Waals surface area contributed by atoms with Crippen molar-refractivity contribution in [1.82, 2.24) is 0 Å². The SMILES string of the molecule is C=CCN(c1ccc(C(=O)Nc2ccc(S(=O)(=O)Nc3ccccc3Cl)cc2)cc1)S(C)(=O)=O. The highest BCUT2D eigenvalue weighted by Crippen LogP contribution is 2.25. The van der Waals surface area contributed by atoms with Crippen LogP contribution in [0.5, 0.6) is 0 Å². The lowest BCUT2D eigenvalue weighted by atomic mass is 10.2. The van der Waals surface area contributed by atoms with E-state index >= 15 is 0 Å². The van der Waals surface area contributed by atoms with Crippen LogP contribution in [0.2, 0.25) is 5.02 Å². The predicted molar refractivity (Wildman–Crippen MR) is 135 cm³/mol. The maximum atomic E-state index is 12.6. The third-order valence-electron chi connectivity index (χ3n) is 4.65. The van der Waals surface area contributed by atoms with Crippen molar-refractivity contribution in [3.8, 4) is 0 Å². The Morgan fingerprint density at radius 1 is 0.971 bits per heavy atom. The zero-order chi connectivity index (χ0) is 24.9. The van der Waals surface area contributed by atoms with E-state index in [1.54, 1.807) is 24.3 Å². The van der Waals surface area contributed by atoms with Crippen molar-refractivity contribution in [2.75, 3.05) is 27.1 Å². The van der Waals surface area contributed by atoms with Crippen LogP contribution in [-0.4, -0.2) is 35.5 Å². The zero-order valence-electron chi connectivity index (χ0n) is 18.1. The second-order valence-corrected chi connectivity index (χ2v) is 11.2. The Hall–Kier alpha value is -3.34. The predicted octanol–water partition coefficient (Wildman–Crippen LogP) is 4.35. The Kier molecular flexibility index (Phi) is 7.65. The first-order valence-electron chi connectivity index (χ1n) is 9.89. The normalized spacial score (nSPS) is 11.5. The van der Waals surface area contributed by atoms with Gasteiger partial charge in [-0.15, -0.1) is 6.58 Å². The van der Waals surface area contributed by atoms with Gasteiger partial charge in [0.2, 0.25) is 10.0 Å². The number of halogens is 1. The summed E-state index contributed by atoms with van der Waals surface area (Å²) in [6.07, 6.45) is 2.56. The summed E-state index contributed by atoms with van der Waals surface area (Å²) in [6, 6.07) is 18.2. The number of amides is 1. The first-order chi connectivity index (χ1) is 16.0. The highest BCUT2D eigenvalue weighted by Gasteiger charge is 2.18. The van der Waals surface area contributed by atoms with Crippen LogP contribution in [0.25, 0.3) is 0 Å². The van der Waals surface area contributed by atoms with Crippen molar-refractivity contribution >= 4 is 54.6 Å². The second kappa shape index (κ2) is 10.3. The molecule has 0 saturated heterocycles. The highest BCUT2D eigenvalue weighted by molar-refractivity contribution is 7.92. The molecule has 3 aromatic carbocycles. The Morgan fingerprint density at radius 2 is 1.59 bits per heavy atom. The van der Waals surface area contributed by atoms with Gasteiger partial charge in [0.05, 0.1) is 34.1 Å². The molecular formula is C23H22ClN3O5S2. The van der Waals surface area contributed by atoms with Crippen molar-refractivity contribution in [3.63, 3.8) is 0 Å². The molecule has 0 aliphatic rings. The molecule has 0 bridgehead atoms. The number of sulfonamides is 2. The summed E-state index contributed by atoms with van der Waals surface area (Å²) in [5, 5.41) is 2.95. The summed E-state index contributed by atoms with van der Waals surface area (Å²) in [5.41, 5.74) is 1.34. The van der Waals surface area contributed by atoms with E-state index in [-0.39, 0.29) is 22.2 Å². The van der Waals surface area contributed by atoms with E-state index in [2.05, 4.69) is 16.6 Å². The van der Waals surface area contributed by atoms with Crippen LogP contribution in [-0.2, 0) is 20.0 Å². The lowest BCUT2D eigenvalue weighted by Gasteiger charge is -2.20. The molecule has 178 valence electrons. The fraction of sp³-hybridized carbons (Fsp3) is 0.0870. The zero-order valence-corrected chi connectivity index (χ0v) is 20.5. The molecule has 0 atom stereocenters. The van der Waals surface area contributed by atoms with Crippen LogP contribution in [0.3, 0.4) is 0 Å². The summed E-state index contributed by atoms with van der Waals surface area (Å²) in [5.74, 6) is -0.439. The third-order valence-corrected chi connectivity index (χ3v) is 7.52. The van der Waals surface area contributed by atoms with Crippen LogP contribution >= 0.6 is 11.6 Å². The van der Waals surface area contributed by atoms with Gasteiger partial charge in [-0.1, -0.05) is 29.8 Å². The van der Waals surface area contributed by atoms with E-state index in [1.165, 1.54) is 54.6 Å². The molecule has 11 heteroatoms. The van der Waals surface area contributed by atoms with Crippen LogP contribution in [0, 0.1) is 0 Å². The van der Waals surface area contributed by atoms with Gasteiger partial charge in [-0.25, -0.2) is 16.8 Å². The number of hydrogen-bond donors (Lipinski definition) is 2. The second-order valence-electron chi connectivity index (χ2n) is 7.19. The molecule has 8 nitrogen and oxygen atoms in total. The van der Waals surface area contributed by atoms with E-state index in [4.69, 9.17) is 11.6 Å². The van der Waals surface area contributed by atoms with Gasteiger partial charge in [0.1, 0.15) is 0 Å². The number of carbonyl (C=O) groups excluding carboxylic acids is 1. The molecule has 2 N–H and O–H groups in total. The average Bonchev–Trinajstić information content (AvgIpc) is 2.78. The number of carbonyl (C=O) groups is 1. The average molecular weight is 520 g/mol. The Bertz CT molecular complexity index is 1410. The lowest BCUT2D eigenvalue weighted by Crippen LogP contribution is -2.29. The number of nitrogens with one attached hydrogen (secondary N) is 2. The maximum Gasteiger partial charge on any atom is 0.261 e. The first-order valence-corrected chi connectivity index (χ1v) is 13.6. The molecular weight excluding hydrogens is 498 g/mol. The van der Waals surface area contributed by atoms with Gasteiger partial charge in [-0.3, -0.25) is 13.8 Å². The molecule has 34 heavy (non-hydrogen) atoms. The number of anilines is 3. The fourth-order valence-electron chi connectivity index (χ4n) is 3.00. The summed E-state index contributed by atoms with van der Waals surface area (Å²) in [6.45, 7) is 3.66.